The van der Waals surface area contributed by atoms with E-state index in [2.05, 4.69) is 4.98 Å². The van der Waals surface area contributed by atoms with Crippen LogP contribution in [0.25, 0.3) is 22.6 Å². The van der Waals surface area contributed by atoms with Gasteiger partial charge in [-0.1, -0.05) is 32.0 Å². The second-order valence-corrected chi connectivity index (χ2v) is 5.59. The van der Waals surface area contributed by atoms with Crippen LogP contribution in [-0.4, -0.2) is 10.8 Å². The molecule has 2 aromatic carbocycles. The van der Waals surface area contributed by atoms with Gasteiger partial charge in [-0.15, -0.1) is 0 Å². The van der Waals surface area contributed by atoms with Crippen molar-refractivity contribution in [1.29, 1.82) is 0 Å². The molecule has 0 aliphatic rings. The Morgan fingerprint density at radius 2 is 1.90 bits per heavy atom. The number of carbonyl (C=O) groups is 1. The number of ketones is 1. The maximum Gasteiger partial charge on any atom is 0.227 e. The molecule has 3 aromatic rings. The van der Waals surface area contributed by atoms with E-state index < -0.39 is 0 Å². The van der Waals surface area contributed by atoms with Crippen molar-refractivity contribution < 1.29 is 9.21 Å². The zero-order valence-electron chi connectivity index (χ0n) is 12.2. The molecule has 0 radical (unpaired) electrons. The van der Waals surface area contributed by atoms with Gasteiger partial charge in [-0.05, 0) is 36.2 Å². The van der Waals surface area contributed by atoms with E-state index in [0.29, 0.717) is 29.4 Å². The monoisotopic (exact) mass is 279 g/mol. The Morgan fingerprint density at radius 3 is 2.62 bits per heavy atom. The summed E-state index contributed by atoms with van der Waals surface area (Å²) in [6.45, 7) is 4.08. The number of benzene rings is 2. The van der Waals surface area contributed by atoms with Crippen molar-refractivity contribution in [3.05, 3.63) is 54.1 Å². The first-order chi connectivity index (χ1) is 10.1. The lowest BCUT2D eigenvalue weighted by molar-refractivity contribution is 0.0968. The Labute approximate surface area is 123 Å². The maximum absolute atomic E-state index is 12.1. The number of nitrogens with zero attached hydrogens (tertiary/aromatic N) is 1. The van der Waals surface area contributed by atoms with Crippen LogP contribution in [0.4, 0.5) is 0 Å². The van der Waals surface area contributed by atoms with Crippen LogP contribution in [0.5, 0.6) is 0 Å². The fraction of sp³-hybridized carbons (Fsp3) is 0.222. The fourth-order valence-corrected chi connectivity index (χ4v) is 2.29. The van der Waals surface area contributed by atoms with Gasteiger partial charge < -0.3 is 4.42 Å². The summed E-state index contributed by atoms with van der Waals surface area (Å²) in [7, 11) is 0. The molecule has 106 valence electrons. The highest BCUT2D eigenvalue weighted by Crippen LogP contribution is 2.25. The van der Waals surface area contributed by atoms with Crippen LogP contribution in [0.1, 0.15) is 30.6 Å². The Hall–Kier alpha value is -2.42. The van der Waals surface area contributed by atoms with Crippen LogP contribution in [0.15, 0.2) is 52.9 Å². The Morgan fingerprint density at radius 1 is 1.14 bits per heavy atom. The van der Waals surface area contributed by atoms with Crippen molar-refractivity contribution in [3.8, 4) is 11.5 Å². The highest BCUT2D eigenvalue weighted by atomic mass is 16.3. The Balaban J connectivity index is 1.97. The Bertz CT molecular complexity index is 772. The number of fused-ring (bicyclic) bond motifs is 1. The van der Waals surface area contributed by atoms with Crippen molar-refractivity contribution in [2.24, 2.45) is 5.92 Å². The van der Waals surface area contributed by atoms with Crippen LogP contribution in [0, 0.1) is 5.92 Å². The summed E-state index contributed by atoms with van der Waals surface area (Å²) in [6.07, 6.45) is 0.547. The molecule has 3 rings (SSSR count). The van der Waals surface area contributed by atoms with Gasteiger partial charge in [-0.25, -0.2) is 4.98 Å². The SMILES string of the molecule is CC(C)CC(=O)c1ccc2nc(-c3ccccc3)oc2c1. The summed E-state index contributed by atoms with van der Waals surface area (Å²) in [4.78, 5) is 16.6. The highest BCUT2D eigenvalue weighted by Gasteiger charge is 2.12. The lowest BCUT2D eigenvalue weighted by Crippen LogP contribution is -2.02. The largest absolute Gasteiger partial charge is 0.436 e. The lowest BCUT2D eigenvalue weighted by atomic mass is 10.0. The molecule has 0 saturated carbocycles. The van der Waals surface area contributed by atoms with Gasteiger partial charge >= 0.3 is 0 Å². The minimum absolute atomic E-state index is 0.143. The maximum atomic E-state index is 12.1. The minimum Gasteiger partial charge on any atom is -0.436 e. The zero-order valence-corrected chi connectivity index (χ0v) is 12.2. The predicted molar refractivity (Wildman–Crippen MR) is 83.2 cm³/mol. The molecule has 0 aliphatic carbocycles. The van der Waals surface area contributed by atoms with Gasteiger partial charge in [-0.2, -0.15) is 0 Å². The average molecular weight is 279 g/mol. The second-order valence-electron chi connectivity index (χ2n) is 5.59. The average Bonchev–Trinajstić information content (AvgIpc) is 2.90. The standard InChI is InChI=1S/C18H17NO2/c1-12(2)10-16(20)14-8-9-15-17(11-14)21-18(19-15)13-6-4-3-5-7-13/h3-9,11-12H,10H2,1-2H3. The van der Waals surface area contributed by atoms with Gasteiger partial charge in [0.25, 0.3) is 0 Å². The molecular weight excluding hydrogens is 262 g/mol. The summed E-state index contributed by atoms with van der Waals surface area (Å²) < 4.78 is 5.79. The summed E-state index contributed by atoms with van der Waals surface area (Å²) in [5, 5.41) is 0. The van der Waals surface area contributed by atoms with Gasteiger partial charge in [0, 0.05) is 17.5 Å². The van der Waals surface area contributed by atoms with E-state index in [-0.39, 0.29) is 5.78 Å². The van der Waals surface area contributed by atoms with E-state index in [9.17, 15) is 4.79 Å². The molecule has 0 fully saturated rings. The van der Waals surface area contributed by atoms with Crippen LogP contribution >= 0.6 is 0 Å². The van der Waals surface area contributed by atoms with Crippen LogP contribution in [-0.2, 0) is 0 Å². The molecule has 0 spiro atoms. The highest BCUT2D eigenvalue weighted by molar-refractivity contribution is 5.98. The molecule has 21 heavy (non-hydrogen) atoms. The number of hydrogen-bond acceptors (Lipinski definition) is 3. The van der Waals surface area contributed by atoms with Gasteiger partial charge in [0.1, 0.15) is 5.52 Å². The lowest BCUT2D eigenvalue weighted by Gasteiger charge is -2.03. The number of Topliss-reactive ketones (excluding diaryl/α,β-unsaturated/α-hetero) is 1. The first-order valence-corrected chi connectivity index (χ1v) is 7.12. The predicted octanol–water partition coefficient (Wildman–Crippen LogP) is 4.72. The third kappa shape index (κ3) is 2.87. The summed E-state index contributed by atoms with van der Waals surface area (Å²) in [5.41, 5.74) is 3.05. The molecule has 3 heteroatoms. The zero-order chi connectivity index (χ0) is 14.8. The quantitative estimate of drug-likeness (QED) is 0.649. The van der Waals surface area contributed by atoms with E-state index in [0.717, 1.165) is 11.1 Å². The second kappa shape index (κ2) is 5.52. The molecule has 1 heterocycles. The molecule has 3 nitrogen and oxygen atoms in total. The van der Waals surface area contributed by atoms with Crippen molar-refractivity contribution >= 4 is 16.9 Å². The van der Waals surface area contributed by atoms with Crippen molar-refractivity contribution in [1.82, 2.24) is 4.98 Å². The number of rotatable bonds is 4. The molecule has 0 amide bonds. The molecular formula is C18H17NO2. The van der Waals surface area contributed by atoms with E-state index in [1.54, 1.807) is 6.07 Å². The summed E-state index contributed by atoms with van der Waals surface area (Å²) in [5.74, 6) is 1.08. The van der Waals surface area contributed by atoms with Gasteiger partial charge in [0.2, 0.25) is 5.89 Å². The third-order valence-electron chi connectivity index (χ3n) is 3.32. The molecule has 0 aliphatic heterocycles. The number of aromatic nitrogens is 1. The minimum atomic E-state index is 0.143. The third-order valence-corrected chi connectivity index (χ3v) is 3.32. The summed E-state index contributed by atoms with van der Waals surface area (Å²) in [6, 6.07) is 15.2. The van der Waals surface area contributed by atoms with Crippen LogP contribution < -0.4 is 0 Å². The molecule has 0 N–H and O–H groups in total. The van der Waals surface area contributed by atoms with Crippen molar-refractivity contribution in [3.63, 3.8) is 0 Å². The van der Waals surface area contributed by atoms with Crippen LogP contribution in [0.2, 0.25) is 0 Å². The molecule has 0 atom stereocenters. The molecule has 1 aromatic heterocycles. The smallest absolute Gasteiger partial charge is 0.227 e. The molecule has 0 unspecified atom stereocenters. The van der Waals surface area contributed by atoms with Gasteiger partial charge in [0.05, 0.1) is 0 Å². The van der Waals surface area contributed by atoms with Gasteiger partial charge in [0.15, 0.2) is 11.4 Å². The van der Waals surface area contributed by atoms with Crippen molar-refractivity contribution in [2.75, 3.05) is 0 Å². The van der Waals surface area contributed by atoms with Crippen LogP contribution in [0.3, 0.4) is 0 Å². The number of carbonyl (C=O) groups excluding carboxylic acids is 1. The summed E-state index contributed by atoms with van der Waals surface area (Å²) >= 11 is 0. The number of hydrogen-bond donors (Lipinski definition) is 0. The normalized spacial score (nSPS) is 11.2. The van der Waals surface area contributed by atoms with Crippen molar-refractivity contribution in [2.45, 2.75) is 20.3 Å². The van der Waals surface area contributed by atoms with E-state index >= 15 is 0 Å². The van der Waals surface area contributed by atoms with E-state index in [1.807, 2.05) is 56.3 Å². The molecule has 0 bridgehead atoms. The Kier molecular flexibility index (Phi) is 3.57. The topological polar surface area (TPSA) is 43.1 Å². The van der Waals surface area contributed by atoms with E-state index in [1.165, 1.54) is 0 Å². The molecule has 0 saturated heterocycles. The first kappa shape index (κ1) is 13.6. The fourth-order valence-electron chi connectivity index (χ4n) is 2.29. The first-order valence-electron chi connectivity index (χ1n) is 7.12. The van der Waals surface area contributed by atoms with Gasteiger partial charge in [-0.3, -0.25) is 4.79 Å². The van der Waals surface area contributed by atoms with E-state index in [4.69, 9.17) is 4.42 Å². The number of oxazole rings is 1.